The highest BCUT2D eigenvalue weighted by Gasteiger charge is 2.32. The van der Waals surface area contributed by atoms with Crippen LogP contribution in [0, 0.1) is 23.3 Å². The predicted octanol–water partition coefficient (Wildman–Crippen LogP) is 0.665. The lowest BCUT2D eigenvalue weighted by atomic mass is 10.2. The van der Waals surface area contributed by atoms with E-state index in [9.17, 15) is 26.0 Å². The van der Waals surface area contributed by atoms with Crippen molar-refractivity contribution >= 4 is 15.7 Å². The molecule has 0 heterocycles. The lowest BCUT2D eigenvalue weighted by molar-refractivity contribution is 0.407. The summed E-state index contributed by atoms with van der Waals surface area (Å²) < 4.78 is 78.6. The lowest BCUT2D eigenvalue weighted by Crippen LogP contribution is -2.33. The molecule has 10 heteroatoms. The molecule has 1 rings (SSSR count). The molecule has 0 aliphatic rings. The number of likely N-dealkylation sites (N-methyl/N-ethyl adjacent to an activating group) is 1. The average molecular weight is 315 g/mol. The third-order valence-corrected chi connectivity index (χ3v) is 3.86. The number of nitrogen functional groups attached to an aromatic ring is 1. The first-order valence-electron chi connectivity index (χ1n) is 5.35. The van der Waals surface area contributed by atoms with Gasteiger partial charge in [-0.2, -0.15) is 0 Å². The number of benzene rings is 1. The summed E-state index contributed by atoms with van der Waals surface area (Å²) in [6.07, 6.45) is 0. The molecule has 0 atom stereocenters. The van der Waals surface area contributed by atoms with Crippen molar-refractivity contribution < 1.29 is 26.0 Å². The Hall–Kier alpha value is -1.39. The zero-order valence-corrected chi connectivity index (χ0v) is 11.5. The summed E-state index contributed by atoms with van der Waals surface area (Å²) in [4.78, 5) is -0.125. The van der Waals surface area contributed by atoms with Crippen LogP contribution in [0.3, 0.4) is 0 Å². The number of nitrogens with one attached hydrogen (secondary N) is 1. The zero-order chi connectivity index (χ0) is 15.7. The monoisotopic (exact) mass is 315 g/mol. The Balaban J connectivity index is 3.26. The number of anilines is 1. The molecule has 1 aromatic rings. The Morgan fingerprint density at radius 2 is 1.50 bits per heavy atom. The van der Waals surface area contributed by atoms with Crippen molar-refractivity contribution in [2.75, 3.05) is 32.9 Å². The Morgan fingerprint density at radius 3 is 1.90 bits per heavy atom. The van der Waals surface area contributed by atoms with Crippen LogP contribution in [0.2, 0.25) is 0 Å². The molecule has 0 fully saturated rings. The molecule has 0 aliphatic carbocycles. The van der Waals surface area contributed by atoms with Crippen LogP contribution in [0.1, 0.15) is 0 Å². The molecule has 0 radical (unpaired) electrons. The molecule has 0 amide bonds. The molecule has 0 aliphatic heterocycles. The predicted molar refractivity (Wildman–Crippen MR) is 64.4 cm³/mol. The van der Waals surface area contributed by atoms with E-state index in [1.807, 2.05) is 4.72 Å². The Labute approximate surface area is 113 Å². The van der Waals surface area contributed by atoms with E-state index in [4.69, 9.17) is 5.73 Å². The fraction of sp³-hybridized carbons (Fsp3) is 0.400. The van der Waals surface area contributed by atoms with Gasteiger partial charge in [-0.3, -0.25) is 0 Å². The topological polar surface area (TPSA) is 75.4 Å². The van der Waals surface area contributed by atoms with E-state index < -0.39 is 43.9 Å². The summed E-state index contributed by atoms with van der Waals surface area (Å²) in [5, 5.41) is 0. The number of sulfonamides is 1. The maximum absolute atomic E-state index is 13.5. The fourth-order valence-corrected chi connectivity index (χ4v) is 2.50. The molecule has 5 nitrogen and oxygen atoms in total. The van der Waals surface area contributed by atoms with Gasteiger partial charge in [-0.05, 0) is 14.1 Å². The van der Waals surface area contributed by atoms with Crippen LogP contribution >= 0.6 is 0 Å². The van der Waals surface area contributed by atoms with Crippen molar-refractivity contribution in [2.24, 2.45) is 0 Å². The van der Waals surface area contributed by atoms with Gasteiger partial charge in [0.05, 0.1) is 0 Å². The average Bonchev–Trinajstić information content (AvgIpc) is 2.33. The molecule has 0 saturated heterocycles. The van der Waals surface area contributed by atoms with E-state index >= 15 is 0 Å². The minimum Gasteiger partial charge on any atom is -0.394 e. The molecule has 1 aromatic carbocycles. The van der Waals surface area contributed by atoms with Crippen LogP contribution in [0.4, 0.5) is 23.2 Å². The second-order valence-corrected chi connectivity index (χ2v) is 5.90. The van der Waals surface area contributed by atoms with Gasteiger partial charge in [-0.1, -0.05) is 0 Å². The summed E-state index contributed by atoms with van der Waals surface area (Å²) in [6, 6.07) is 0. The van der Waals surface area contributed by atoms with E-state index in [0.29, 0.717) is 0 Å². The van der Waals surface area contributed by atoms with Gasteiger partial charge in [0.25, 0.3) is 0 Å². The number of rotatable bonds is 5. The van der Waals surface area contributed by atoms with Gasteiger partial charge in [0.15, 0.2) is 28.2 Å². The highest BCUT2D eigenvalue weighted by atomic mass is 32.2. The highest BCUT2D eigenvalue weighted by molar-refractivity contribution is 7.89. The maximum Gasteiger partial charge on any atom is 0.246 e. The van der Waals surface area contributed by atoms with Crippen LogP contribution in [0.5, 0.6) is 0 Å². The Morgan fingerprint density at radius 1 is 1.05 bits per heavy atom. The number of nitrogens with zero attached hydrogens (tertiary/aromatic N) is 1. The van der Waals surface area contributed by atoms with Crippen LogP contribution in [0.25, 0.3) is 0 Å². The number of halogens is 4. The molecule has 3 N–H and O–H groups in total. The van der Waals surface area contributed by atoms with E-state index in [2.05, 4.69) is 0 Å². The summed E-state index contributed by atoms with van der Waals surface area (Å²) in [5.41, 5.74) is 3.37. The van der Waals surface area contributed by atoms with Crippen molar-refractivity contribution in [1.29, 1.82) is 0 Å². The lowest BCUT2D eigenvalue weighted by Gasteiger charge is -2.13. The SMILES string of the molecule is CN(C)CCNS(=O)(=O)c1c(F)c(F)c(N)c(F)c1F. The molecule has 114 valence electrons. The minimum atomic E-state index is -4.74. The smallest absolute Gasteiger partial charge is 0.246 e. The van der Waals surface area contributed by atoms with Crippen molar-refractivity contribution in [3.8, 4) is 0 Å². The van der Waals surface area contributed by atoms with Gasteiger partial charge in [0.1, 0.15) is 5.69 Å². The second kappa shape index (κ2) is 5.94. The molecule has 0 unspecified atom stereocenters. The summed E-state index contributed by atoms with van der Waals surface area (Å²) >= 11 is 0. The maximum atomic E-state index is 13.5. The normalized spacial score (nSPS) is 12.2. The first-order valence-corrected chi connectivity index (χ1v) is 6.83. The van der Waals surface area contributed by atoms with Crippen molar-refractivity contribution in [2.45, 2.75) is 4.90 Å². The molecule has 20 heavy (non-hydrogen) atoms. The van der Waals surface area contributed by atoms with E-state index in [1.54, 1.807) is 19.0 Å². The van der Waals surface area contributed by atoms with Crippen molar-refractivity contribution in [1.82, 2.24) is 9.62 Å². The number of hydrogen-bond donors (Lipinski definition) is 2. The molecular weight excluding hydrogens is 302 g/mol. The summed E-state index contributed by atoms with van der Waals surface area (Å²) in [7, 11) is -1.47. The minimum absolute atomic E-state index is 0.193. The van der Waals surface area contributed by atoms with Gasteiger partial charge in [0, 0.05) is 13.1 Å². The highest BCUT2D eigenvalue weighted by Crippen LogP contribution is 2.28. The van der Waals surface area contributed by atoms with Crippen LogP contribution in [-0.2, 0) is 10.0 Å². The van der Waals surface area contributed by atoms with Gasteiger partial charge in [-0.15, -0.1) is 0 Å². The van der Waals surface area contributed by atoms with E-state index in [0.717, 1.165) is 0 Å². The molecule has 0 aromatic heterocycles. The van der Waals surface area contributed by atoms with Crippen LogP contribution in [0.15, 0.2) is 4.90 Å². The second-order valence-electron chi connectivity index (χ2n) is 4.20. The quantitative estimate of drug-likeness (QED) is 0.476. The molecule has 0 saturated carbocycles. The summed E-state index contributed by atoms with van der Waals surface area (Å²) in [5.74, 6) is -8.01. The van der Waals surface area contributed by atoms with Gasteiger partial charge >= 0.3 is 0 Å². The standard InChI is InChI=1S/C10H13F4N3O2S/c1-17(2)4-3-16-20(18,19)10-7(13)5(11)9(15)6(12)8(10)14/h16H,3-4,15H2,1-2H3. The van der Waals surface area contributed by atoms with E-state index in [-0.39, 0.29) is 13.1 Å². The Kier molecular flexibility index (Phi) is 4.95. The third-order valence-electron chi connectivity index (χ3n) is 2.38. The molecular formula is C10H13F4N3O2S. The van der Waals surface area contributed by atoms with Crippen LogP contribution in [-0.4, -0.2) is 40.5 Å². The first kappa shape index (κ1) is 16.7. The first-order chi connectivity index (χ1) is 9.09. The van der Waals surface area contributed by atoms with Gasteiger partial charge < -0.3 is 10.6 Å². The van der Waals surface area contributed by atoms with Crippen molar-refractivity contribution in [3.63, 3.8) is 0 Å². The Bertz CT molecular complexity index is 590. The zero-order valence-electron chi connectivity index (χ0n) is 10.7. The number of hydrogen-bond acceptors (Lipinski definition) is 4. The number of nitrogens with two attached hydrogens (primary N) is 1. The van der Waals surface area contributed by atoms with Crippen LogP contribution < -0.4 is 10.5 Å². The van der Waals surface area contributed by atoms with Gasteiger partial charge in [-0.25, -0.2) is 30.7 Å². The fourth-order valence-electron chi connectivity index (χ4n) is 1.34. The van der Waals surface area contributed by atoms with Crippen molar-refractivity contribution in [3.05, 3.63) is 23.3 Å². The van der Waals surface area contributed by atoms with Gasteiger partial charge in [0.2, 0.25) is 10.0 Å². The largest absolute Gasteiger partial charge is 0.394 e. The summed E-state index contributed by atoms with van der Waals surface area (Å²) in [6.45, 7) is 0.0320. The molecule has 0 bridgehead atoms. The molecule has 0 spiro atoms. The third kappa shape index (κ3) is 3.19. The van der Waals surface area contributed by atoms with E-state index in [1.165, 1.54) is 0 Å².